The molecule has 1 aliphatic rings. The average Bonchev–Trinajstić information content (AvgIpc) is 2.32. The van der Waals surface area contributed by atoms with Crippen LogP contribution in [0.1, 0.15) is 19.4 Å². The summed E-state index contributed by atoms with van der Waals surface area (Å²) in [6, 6.07) is 8.47. The molecule has 0 unspecified atom stereocenters. The van der Waals surface area contributed by atoms with Crippen LogP contribution in [0.25, 0.3) is 0 Å². The lowest BCUT2D eigenvalue weighted by atomic mass is 9.98. The van der Waals surface area contributed by atoms with Crippen LogP contribution >= 0.6 is 0 Å². The Morgan fingerprint density at radius 2 is 1.94 bits per heavy atom. The molecule has 3 nitrogen and oxygen atoms in total. The van der Waals surface area contributed by atoms with E-state index in [0.717, 1.165) is 19.6 Å². The van der Waals surface area contributed by atoms with Crippen molar-refractivity contribution in [3.05, 3.63) is 29.8 Å². The maximum absolute atomic E-state index is 5.82. The molecule has 1 saturated heterocycles. The molecule has 0 radical (unpaired) electrons. The molecule has 3 heteroatoms. The molecule has 0 atom stereocenters. The summed E-state index contributed by atoms with van der Waals surface area (Å²) in [6.45, 7) is 8.45. The van der Waals surface area contributed by atoms with Gasteiger partial charge in [0.15, 0.2) is 0 Å². The number of hydrogen-bond acceptors (Lipinski definition) is 3. The highest BCUT2D eigenvalue weighted by Crippen LogP contribution is 2.26. The van der Waals surface area contributed by atoms with Crippen LogP contribution in [0.3, 0.4) is 0 Å². The largest absolute Gasteiger partial charge is 0.368 e. The SMILES string of the molecule is CN1CCN(c2ccccc2CN)CC1(C)C. The summed E-state index contributed by atoms with van der Waals surface area (Å²) in [4.78, 5) is 4.89. The van der Waals surface area contributed by atoms with Gasteiger partial charge in [-0.05, 0) is 32.5 Å². The van der Waals surface area contributed by atoms with E-state index < -0.39 is 0 Å². The van der Waals surface area contributed by atoms with E-state index in [1.807, 2.05) is 0 Å². The summed E-state index contributed by atoms with van der Waals surface area (Å²) in [7, 11) is 2.20. The van der Waals surface area contributed by atoms with Crippen LogP contribution in [0.4, 0.5) is 5.69 Å². The van der Waals surface area contributed by atoms with Crippen molar-refractivity contribution in [1.29, 1.82) is 0 Å². The van der Waals surface area contributed by atoms with Crippen LogP contribution < -0.4 is 10.6 Å². The molecule has 0 aromatic heterocycles. The van der Waals surface area contributed by atoms with E-state index in [2.05, 4.69) is 55.0 Å². The molecule has 0 aliphatic carbocycles. The van der Waals surface area contributed by atoms with Gasteiger partial charge in [0, 0.05) is 37.4 Å². The zero-order chi connectivity index (χ0) is 12.5. The summed E-state index contributed by atoms with van der Waals surface area (Å²) in [6.07, 6.45) is 0. The van der Waals surface area contributed by atoms with Crippen LogP contribution in [0.15, 0.2) is 24.3 Å². The van der Waals surface area contributed by atoms with E-state index >= 15 is 0 Å². The highest BCUT2D eigenvalue weighted by atomic mass is 15.3. The van der Waals surface area contributed by atoms with Crippen molar-refractivity contribution in [3.8, 4) is 0 Å². The summed E-state index contributed by atoms with van der Waals surface area (Å²) >= 11 is 0. The summed E-state index contributed by atoms with van der Waals surface area (Å²) in [5.74, 6) is 0. The molecular weight excluding hydrogens is 210 g/mol. The maximum Gasteiger partial charge on any atom is 0.0412 e. The molecule has 17 heavy (non-hydrogen) atoms. The van der Waals surface area contributed by atoms with Crippen molar-refractivity contribution in [3.63, 3.8) is 0 Å². The van der Waals surface area contributed by atoms with Gasteiger partial charge in [-0.1, -0.05) is 18.2 Å². The molecule has 2 rings (SSSR count). The average molecular weight is 233 g/mol. The molecule has 1 fully saturated rings. The van der Waals surface area contributed by atoms with E-state index in [-0.39, 0.29) is 5.54 Å². The van der Waals surface area contributed by atoms with Crippen molar-refractivity contribution in [2.24, 2.45) is 5.73 Å². The Bertz CT molecular complexity index is 387. The predicted octanol–water partition coefficient (Wildman–Crippen LogP) is 1.68. The van der Waals surface area contributed by atoms with Crippen LogP contribution in [0, 0.1) is 0 Å². The minimum absolute atomic E-state index is 0.222. The smallest absolute Gasteiger partial charge is 0.0412 e. The Hall–Kier alpha value is -1.06. The first-order valence-corrected chi connectivity index (χ1v) is 6.29. The lowest BCUT2D eigenvalue weighted by molar-refractivity contribution is 0.139. The second-order valence-electron chi connectivity index (χ2n) is 5.49. The lowest BCUT2D eigenvalue weighted by Gasteiger charge is -2.46. The van der Waals surface area contributed by atoms with Gasteiger partial charge in [0.2, 0.25) is 0 Å². The van der Waals surface area contributed by atoms with Crippen molar-refractivity contribution in [1.82, 2.24) is 4.90 Å². The Morgan fingerprint density at radius 3 is 2.59 bits per heavy atom. The quantitative estimate of drug-likeness (QED) is 0.843. The highest BCUT2D eigenvalue weighted by molar-refractivity contribution is 5.54. The molecule has 1 aromatic rings. The number of hydrogen-bond donors (Lipinski definition) is 1. The number of para-hydroxylation sites is 1. The van der Waals surface area contributed by atoms with Gasteiger partial charge in [-0.2, -0.15) is 0 Å². The fourth-order valence-electron chi connectivity index (χ4n) is 2.44. The van der Waals surface area contributed by atoms with Crippen LogP contribution in [-0.2, 0) is 6.54 Å². The number of benzene rings is 1. The Balaban J connectivity index is 2.23. The van der Waals surface area contributed by atoms with Gasteiger partial charge < -0.3 is 10.6 Å². The van der Waals surface area contributed by atoms with E-state index in [0.29, 0.717) is 6.54 Å². The van der Waals surface area contributed by atoms with E-state index in [9.17, 15) is 0 Å². The number of piperazine rings is 1. The number of nitrogens with zero attached hydrogens (tertiary/aromatic N) is 2. The highest BCUT2D eigenvalue weighted by Gasteiger charge is 2.31. The number of rotatable bonds is 2. The third-order valence-corrected chi connectivity index (χ3v) is 3.87. The summed E-state index contributed by atoms with van der Waals surface area (Å²) in [5, 5.41) is 0. The second kappa shape index (κ2) is 4.67. The lowest BCUT2D eigenvalue weighted by Crippen LogP contribution is -2.57. The van der Waals surface area contributed by atoms with Gasteiger partial charge in [-0.15, -0.1) is 0 Å². The molecule has 0 amide bonds. The molecule has 0 spiro atoms. The first-order chi connectivity index (χ1) is 8.04. The fourth-order valence-corrected chi connectivity index (χ4v) is 2.44. The van der Waals surface area contributed by atoms with Gasteiger partial charge in [-0.3, -0.25) is 4.90 Å². The summed E-state index contributed by atoms with van der Waals surface area (Å²) in [5.41, 5.74) is 8.58. The van der Waals surface area contributed by atoms with Crippen molar-refractivity contribution in [2.45, 2.75) is 25.9 Å². The predicted molar refractivity (Wildman–Crippen MR) is 73.3 cm³/mol. The van der Waals surface area contributed by atoms with Gasteiger partial charge >= 0.3 is 0 Å². The number of nitrogens with two attached hydrogens (primary N) is 1. The molecule has 1 aliphatic heterocycles. The Morgan fingerprint density at radius 1 is 1.24 bits per heavy atom. The monoisotopic (exact) mass is 233 g/mol. The molecular formula is C14H23N3. The normalized spacial score (nSPS) is 20.6. The van der Waals surface area contributed by atoms with E-state index in [4.69, 9.17) is 5.73 Å². The zero-order valence-electron chi connectivity index (χ0n) is 11.1. The third kappa shape index (κ3) is 2.45. The molecule has 2 N–H and O–H groups in total. The van der Waals surface area contributed by atoms with Crippen molar-refractivity contribution in [2.75, 3.05) is 31.6 Å². The van der Waals surface area contributed by atoms with Gasteiger partial charge in [-0.25, -0.2) is 0 Å². The van der Waals surface area contributed by atoms with Crippen molar-refractivity contribution < 1.29 is 0 Å². The minimum Gasteiger partial charge on any atom is -0.368 e. The number of anilines is 1. The Kier molecular flexibility index (Phi) is 3.40. The van der Waals surface area contributed by atoms with Gasteiger partial charge in [0.1, 0.15) is 0 Å². The zero-order valence-corrected chi connectivity index (χ0v) is 11.1. The van der Waals surface area contributed by atoms with E-state index in [1.165, 1.54) is 11.3 Å². The van der Waals surface area contributed by atoms with Gasteiger partial charge in [0.25, 0.3) is 0 Å². The third-order valence-electron chi connectivity index (χ3n) is 3.87. The van der Waals surface area contributed by atoms with Gasteiger partial charge in [0.05, 0.1) is 0 Å². The summed E-state index contributed by atoms with van der Waals surface area (Å²) < 4.78 is 0. The van der Waals surface area contributed by atoms with Crippen LogP contribution in [0.2, 0.25) is 0 Å². The first-order valence-electron chi connectivity index (χ1n) is 6.29. The topological polar surface area (TPSA) is 32.5 Å². The molecule has 1 aromatic carbocycles. The van der Waals surface area contributed by atoms with E-state index in [1.54, 1.807) is 0 Å². The Labute approximate surface area is 104 Å². The van der Waals surface area contributed by atoms with Crippen LogP contribution in [-0.4, -0.2) is 37.1 Å². The molecule has 0 bridgehead atoms. The first kappa shape index (κ1) is 12.4. The van der Waals surface area contributed by atoms with Crippen molar-refractivity contribution >= 4 is 5.69 Å². The number of likely N-dealkylation sites (N-methyl/N-ethyl adjacent to an activating group) is 1. The molecule has 0 saturated carbocycles. The van der Waals surface area contributed by atoms with Crippen LogP contribution in [0.5, 0.6) is 0 Å². The maximum atomic E-state index is 5.82. The molecule has 94 valence electrons. The standard InChI is InChI=1S/C14H23N3/c1-14(2)11-17(9-8-16(14)3)13-7-5-4-6-12(13)10-15/h4-7H,8-11,15H2,1-3H3. The minimum atomic E-state index is 0.222. The molecule has 1 heterocycles. The second-order valence-corrected chi connectivity index (χ2v) is 5.49. The fraction of sp³-hybridized carbons (Fsp3) is 0.571.